The first-order chi connectivity index (χ1) is 9.88. The van der Waals surface area contributed by atoms with Crippen LogP contribution < -0.4 is 4.72 Å². The Morgan fingerprint density at radius 1 is 1.33 bits per heavy atom. The number of hydrogen-bond acceptors (Lipinski definition) is 4. The Labute approximate surface area is 122 Å². The molecule has 0 atom stereocenters. The third-order valence-electron chi connectivity index (χ3n) is 2.85. The van der Waals surface area contributed by atoms with Crippen LogP contribution in [-0.4, -0.2) is 35.6 Å². The third kappa shape index (κ3) is 3.89. The molecule has 8 heteroatoms. The van der Waals surface area contributed by atoms with E-state index >= 15 is 0 Å². The zero-order valence-corrected chi connectivity index (χ0v) is 12.2. The number of carbonyl (C=O) groups is 1. The zero-order valence-electron chi connectivity index (χ0n) is 11.4. The zero-order chi connectivity index (χ0) is 15.5. The molecule has 0 saturated heterocycles. The van der Waals surface area contributed by atoms with Crippen LogP contribution in [0.2, 0.25) is 0 Å². The van der Waals surface area contributed by atoms with Crippen LogP contribution in [0, 0.1) is 6.92 Å². The summed E-state index contributed by atoms with van der Waals surface area (Å²) in [5, 5.41) is 8.74. The minimum Gasteiger partial charge on any atom is -0.476 e. The summed E-state index contributed by atoms with van der Waals surface area (Å²) in [5.41, 5.74) is 0.907. The quantitative estimate of drug-likeness (QED) is 0.824. The van der Waals surface area contributed by atoms with Crippen molar-refractivity contribution in [3.8, 4) is 0 Å². The third-order valence-corrected chi connectivity index (χ3v) is 4.32. The average Bonchev–Trinajstić information content (AvgIpc) is 2.88. The molecule has 1 aromatic carbocycles. The van der Waals surface area contributed by atoms with Gasteiger partial charge in [0.1, 0.15) is 0 Å². The second kappa shape index (κ2) is 6.06. The van der Waals surface area contributed by atoms with E-state index in [1.54, 1.807) is 12.1 Å². The number of hydrogen-bond donors (Lipinski definition) is 2. The molecule has 0 aliphatic rings. The van der Waals surface area contributed by atoms with Gasteiger partial charge in [0.2, 0.25) is 10.0 Å². The van der Waals surface area contributed by atoms with Crippen molar-refractivity contribution in [1.82, 2.24) is 14.3 Å². The molecule has 0 aliphatic heterocycles. The maximum atomic E-state index is 12.0. The summed E-state index contributed by atoms with van der Waals surface area (Å²) in [6.45, 7) is 2.32. The van der Waals surface area contributed by atoms with Crippen LogP contribution in [0.1, 0.15) is 16.1 Å². The van der Waals surface area contributed by atoms with Crippen molar-refractivity contribution in [2.45, 2.75) is 18.4 Å². The van der Waals surface area contributed by atoms with E-state index in [1.807, 2.05) is 6.92 Å². The van der Waals surface area contributed by atoms with Gasteiger partial charge in [-0.1, -0.05) is 17.7 Å². The van der Waals surface area contributed by atoms with Gasteiger partial charge in [0.15, 0.2) is 5.69 Å². The van der Waals surface area contributed by atoms with Crippen LogP contribution in [-0.2, 0) is 16.6 Å². The maximum absolute atomic E-state index is 12.0. The number of sulfonamides is 1. The smallest absolute Gasteiger partial charge is 0.356 e. The van der Waals surface area contributed by atoms with Gasteiger partial charge in [0.25, 0.3) is 0 Å². The van der Waals surface area contributed by atoms with Crippen molar-refractivity contribution in [2.75, 3.05) is 6.54 Å². The Balaban J connectivity index is 1.95. The highest BCUT2D eigenvalue weighted by Gasteiger charge is 2.13. The SMILES string of the molecule is Cc1ccc(S(=O)(=O)NCCn2cnc(C(=O)O)c2)cc1. The van der Waals surface area contributed by atoms with Crippen molar-refractivity contribution >= 4 is 16.0 Å². The molecule has 0 saturated carbocycles. The molecular formula is C13H15N3O4S. The molecule has 2 aromatic rings. The van der Waals surface area contributed by atoms with E-state index in [0.29, 0.717) is 6.54 Å². The number of rotatable bonds is 6. The molecule has 0 fully saturated rings. The molecule has 0 amide bonds. The Bertz CT molecular complexity index is 735. The van der Waals surface area contributed by atoms with Crippen molar-refractivity contribution in [3.63, 3.8) is 0 Å². The fraction of sp³-hybridized carbons (Fsp3) is 0.231. The molecule has 112 valence electrons. The Morgan fingerprint density at radius 2 is 2.00 bits per heavy atom. The van der Waals surface area contributed by atoms with E-state index in [1.165, 1.54) is 29.2 Å². The van der Waals surface area contributed by atoms with Gasteiger partial charge >= 0.3 is 5.97 Å². The van der Waals surface area contributed by atoms with Crippen LogP contribution >= 0.6 is 0 Å². The number of aromatic nitrogens is 2. The van der Waals surface area contributed by atoms with E-state index in [0.717, 1.165) is 5.56 Å². The highest BCUT2D eigenvalue weighted by atomic mass is 32.2. The molecule has 1 aromatic heterocycles. The molecule has 0 radical (unpaired) electrons. The lowest BCUT2D eigenvalue weighted by molar-refractivity contribution is 0.0691. The fourth-order valence-electron chi connectivity index (χ4n) is 1.70. The molecule has 0 spiro atoms. The van der Waals surface area contributed by atoms with Crippen LogP contribution in [0.5, 0.6) is 0 Å². The van der Waals surface area contributed by atoms with E-state index in [2.05, 4.69) is 9.71 Å². The van der Waals surface area contributed by atoms with Crippen molar-refractivity contribution < 1.29 is 18.3 Å². The van der Waals surface area contributed by atoms with Gasteiger partial charge in [-0.3, -0.25) is 0 Å². The number of aryl methyl sites for hydroxylation is 1. The van der Waals surface area contributed by atoms with Gasteiger partial charge in [-0.05, 0) is 19.1 Å². The largest absolute Gasteiger partial charge is 0.476 e. The normalized spacial score (nSPS) is 11.5. The van der Waals surface area contributed by atoms with E-state index in [9.17, 15) is 13.2 Å². The predicted molar refractivity (Wildman–Crippen MR) is 75.6 cm³/mol. The van der Waals surface area contributed by atoms with E-state index in [4.69, 9.17) is 5.11 Å². The van der Waals surface area contributed by atoms with Gasteiger partial charge in [0, 0.05) is 19.3 Å². The molecule has 0 bridgehead atoms. The summed E-state index contributed by atoms with van der Waals surface area (Å²) in [5.74, 6) is -1.12. The summed E-state index contributed by atoms with van der Waals surface area (Å²) in [4.78, 5) is 14.6. The number of imidazole rings is 1. The molecule has 2 N–H and O–H groups in total. The van der Waals surface area contributed by atoms with E-state index < -0.39 is 16.0 Å². The maximum Gasteiger partial charge on any atom is 0.356 e. The van der Waals surface area contributed by atoms with Gasteiger partial charge < -0.3 is 9.67 Å². The second-order valence-corrected chi connectivity index (χ2v) is 6.28. The summed E-state index contributed by atoms with van der Waals surface area (Å²) in [7, 11) is -3.56. The fourth-order valence-corrected chi connectivity index (χ4v) is 2.72. The minimum atomic E-state index is -3.56. The lowest BCUT2D eigenvalue weighted by atomic mass is 10.2. The number of aromatic carboxylic acids is 1. The van der Waals surface area contributed by atoms with Gasteiger partial charge in [-0.15, -0.1) is 0 Å². The van der Waals surface area contributed by atoms with E-state index in [-0.39, 0.29) is 17.1 Å². The molecule has 1 heterocycles. The number of nitrogens with zero attached hydrogens (tertiary/aromatic N) is 2. The van der Waals surface area contributed by atoms with Crippen molar-refractivity contribution in [3.05, 3.63) is 48.0 Å². The average molecular weight is 309 g/mol. The summed E-state index contributed by atoms with van der Waals surface area (Å²) < 4.78 is 28.0. The van der Waals surface area contributed by atoms with Crippen molar-refractivity contribution in [1.29, 1.82) is 0 Å². The van der Waals surface area contributed by atoms with Crippen LogP contribution in [0.15, 0.2) is 41.7 Å². The monoisotopic (exact) mass is 309 g/mol. The topological polar surface area (TPSA) is 101 Å². The molecule has 0 unspecified atom stereocenters. The summed E-state index contributed by atoms with van der Waals surface area (Å²) in [6.07, 6.45) is 2.70. The Morgan fingerprint density at radius 3 is 2.57 bits per heavy atom. The Hall–Kier alpha value is -2.19. The number of carboxylic acid groups (broad SMARTS) is 1. The lowest BCUT2D eigenvalue weighted by Crippen LogP contribution is -2.27. The first-order valence-electron chi connectivity index (χ1n) is 6.20. The highest BCUT2D eigenvalue weighted by molar-refractivity contribution is 7.89. The van der Waals surface area contributed by atoms with Crippen LogP contribution in [0.3, 0.4) is 0 Å². The molecule has 0 aliphatic carbocycles. The number of nitrogens with one attached hydrogen (secondary N) is 1. The lowest BCUT2D eigenvalue weighted by Gasteiger charge is -2.07. The first-order valence-corrected chi connectivity index (χ1v) is 7.68. The standard InChI is InChI=1S/C13H15N3O4S/c1-10-2-4-11(5-3-10)21(19,20)15-6-7-16-8-12(13(17)18)14-9-16/h2-5,8-9,15H,6-7H2,1H3,(H,17,18). The minimum absolute atomic E-state index is 0.0728. The molecular weight excluding hydrogens is 294 g/mol. The van der Waals surface area contributed by atoms with Gasteiger partial charge in [0.05, 0.1) is 11.2 Å². The number of carboxylic acids is 1. The predicted octanol–water partition coefficient (Wildman–Crippen LogP) is 0.868. The first kappa shape index (κ1) is 15.2. The van der Waals surface area contributed by atoms with Gasteiger partial charge in [-0.2, -0.15) is 0 Å². The van der Waals surface area contributed by atoms with Crippen LogP contribution in [0.4, 0.5) is 0 Å². The molecule has 21 heavy (non-hydrogen) atoms. The summed E-state index contributed by atoms with van der Waals surface area (Å²) >= 11 is 0. The summed E-state index contributed by atoms with van der Waals surface area (Å²) in [6, 6.07) is 6.53. The van der Waals surface area contributed by atoms with Crippen LogP contribution in [0.25, 0.3) is 0 Å². The highest BCUT2D eigenvalue weighted by Crippen LogP contribution is 2.09. The Kier molecular flexibility index (Phi) is 4.39. The molecule has 7 nitrogen and oxygen atoms in total. The van der Waals surface area contributed by atoms with Gasteiger partial charge in [-0.25, -0.2) is 22.9 Å². The number of benzene rings is 1. The molecule has 2 rings (SSSR count). The second-order valence-electron chi connectivity index (χ2n) is 4.51. The van der Waals surface area contributed by atoms with Crippen molar-refractivity contribution in [2.24, 2.45) is 0 Å².